The summed E-state index contributed by atoms with van der Waals surface area (Å²) in [5.74, 6) is 0.925. The van der Waals surface area contributed by atoms with Gasteiger partial charge < -0.3 is 15.0 Å². The van der Waals surface area contributed by atoms with Crippen LogP contribution in [-0.2, 0) is 9.53 Å². The first-order valence-electron chi connectivity index (χ1n) is 8.58. The number of amides is 1. The molecule has 0 aromatic heterocycles. The van der Waals surface area contributed by atoms with Crippen LogP contribution < -0.4 is 5.32 Å². The Morgan fingerprint density at radius 2 is 1.90 bits per heavy atom. The summed E-state index contributed by atoms with van der Waals surface area (Å²) >= 11 is 0. The van der Waals surface area contributed by atoms with Gasteiger partial charge in [-0.3, -0.25) is 4.79 Å². The number of rotatable bonds is 5. The fourth-order valence-corrected chi connectivity index (χ4v) is 3.49. The van der Waals surface area contributed by atoms with E-state index in [-0.39, 0.29) is 23.5 Å². The molecule has 4 nitrogen and oxygen atoms in total. The second kappa shape index (κ2) is 7.10. The highest BCUT2D eigenvalue weighted by molar-refractivity contribution is 5.77. The van der Waals surface area contributed by atoms with Gasteiger partial charge in [0.2, 0.25) is 5.91 Å². The van der Waals surface area contributed by atoms with Gasteiger partial charge in [0, 0.05) is 32.1 Å². The van der Waals surface area contributed by atoms with Crippen LogP contribution in [0.1, 0.15) is 53.4 Å². The molecular weight excluding hydrogens is 264 g/mol. The first-order chi connectivity index (χ1) is 9.90. The van der Waals surface area contributed by atoms with Crippen LogP contribution in [0.4, 0.5) is 0 Å². The van der Waals surface area contributed by atoms with E-state index < -0.39 is 0 Å². The van der Waals surface area contributed by atoms with Gasteiger partial charge in [-0.1, -0.05) is 27.7 Å². The molecule has 21 heavy (non-hydrogen) atoms. The first-order valence-corrected chi connectivity index (χ1v) is 8.58. The smallest absolute Gasteiger partial charge is 0.222 e. The average Bonchev–Trinajstić information content (AvgIpc) is 2.82. The Labute approximate surface area is 129 Å². The molecule has 1 atom stereocenters. The van der Waals surface area contributed by atoms with Crippen LogP contribution >= 0.6 is 0 Å². The highest BCUT2D eigenvalue weighted by atomic mass is 16.5. The lowest BCUT2D eigenvalue weighted by Gasteiger charge is -2.39. The van der Waals surface area contributed by atoms with Crippen molar-refractivity contribution in [3.05, 3.63) is 0 Å². The maximum absolute atomic E-state index is 11.6. The Morgan fingerprint density at radius 1 is 1.24 bits per heavy atom. The Balaban J connectivity index is 1.74. The SMILES string of the molecule is CC(C)CN1CCC2(CCC(CNC(=O)C(C)C)O2)CC1. The van der Waals surface area contributed by atoms with E-state index in [1.165, 1.54) is 6.54 Å². The van der Waals surface area contributed by atoms with E-state index in [4.69, 9.17) is 4.74 Å². The number of ether oxygens (including phenoxy) is 1. The van der Waals surface area contributed by atoms with Gasteiger partial charge in [0.15, 0.2) is 0 Å². The van der Waals surface area contributed by atoms with Crippen molar-refractivity contribution in [2.24, 2.45) is 11.8 Å². The zero-order chi connectivity index (χ0) is 15.5. The molecule has 122 valence electrons. The van der Waals surface area contributed by atoms with Crippen molar-refractivity contribution >= 4 is 5.91 Å². The second-order valence-corrected chi connectivity index (χ2v) is 7.56. The van der Waals surface area contributed by atoms with Crippen molar-refractivity contribution in [3.63, 3.8) is 0 Å². The third-order valence-corrected chi connectivity index (χ3v) is 4.76. The summed E-state index contributed by atoms with van der Waals surface area (Å²) in [6, 6.07) is 0. The molecule has 0 radical (unpaired) electrons. The maximum Gasteiger partial charge on any atom is 0.222 e. The van der Waals surface area contributed by atoms with Crippen molar-refractivity contribution in [1.29, 1.82) is 0 Å². The number of piperidine rings is 1. The summed E-state index contributed by atoms with van der Waals surface area (Å²) in [4.78, 5) is 14.2. The summed E-state index contributed by atoms with van der Waals surface area (Å²) in [5, 5.41) is 3.01. The van der Waals surface area contributed by atoms with Crippen LogP contribution in [0.3, 0.4) is 0 Å². The number of hydrogen-bond acceptors (Lipinski definition) is 3. The molecule has 2 aliphatic rings. The second-order valence-electron chi connectivity index (χ2n) is 7.56. The minimum absolute atomic E-state index is 0.0552. The minimum Gasteiger partial charge on any atom is -0.370 e. The van der Waals surface area contributed by atoms with E-state index in [1.807, 2.05) is 13.8 Å². The number of likely N-dealkylation sites (tertiary alicyclic amines) is 1. The van der Waals surface area contributed by atoms with Crippen LogP contribution in [0.2, 0.25) is 0 Å². The largest absolute Gasteiger partial charge is 0.370 e. The van der Waals surface area contributed by atoms with E-state index in [0.717, 1.165) is 44.7 Å². The number of carbonyl (C=O) groups is 1. The molecule has 0 saturated carbocycles. The summed E-state index contributed by atoms with van der Waals surface area (Å²) in [6.45, 7) is 12.6. The maximum atomic E-state index is 11.6. The summed E-state index contributed by atoms with van der Waals surface area (Å²) in [7, 11) is 0. The number of nitrogens with zero attached hydrogens (tertiary/aromatic N) is 1. The molecule has 0 aromatic carbocycles. The van der Waals surface area contributed by atoms with Crippen LogP contribution in [0, 0.1) is 11.8 Å². The number of nitrogens with one attached hydrogen (secondary N) is 1. The summed E-state index contributed by atoms with van der Waals surface area (Å²) < 4.78 is 6.33. The van der Waals surface area contributed by atoms with Crippen molar-refractivity contribution in [3.8, 4) is 0 Å². The van der Waals surface area contributed by atoms with Crippen molar-refractivity contribution in [2.45, 2.75) is 65.1 Å². The molecule has 2 aliphatic heterocycles. The van der Waals surface area contributed by atoms with Crippen molar-refractivity contribution in [2.75, 3.05) is 26.2 Å². The lowest BCUT2D eigenvalue weighted by Crippen LogP contribution is -2.46. The summed E-state index contributed by atoms with van der Waals surface area (Å²) in [6.07, 6.45) is 4.75. The molecule has 2 rings (SSSR count). The topological polar surface area (TPSA) is 41.6 Å². The van der Waals surface area contributed by atoms with Crippen molar-refractivity contribution in [1.82, 2.24) is 10.2 Å². The zero-order valence-electron chi connectivity index (χ0n) is 14.2. The van der Waals surface area contributed by atoms with Gasteiger partial charge in [0.1, 0.15) is 0 Å². The van der Waals surface area contributed by atoms with Crippen LogP contribution in [0.15, 0.2) is 0 Å². The predicted octanol–water partition coefficient (Wildman–Crippen LogP) is 2.43. The number of hydrogen-bond donors (Lipinski definition) is 1. The van der Waals surface area contributed by atoms with Crippen LogP contribution in [-0.4, -0.2) is 48.7 Å². The molecule has 1 amide bonds. The third-order valence-electron chi connectivity index (χ3n) is 4.76. The Bertz CT molecular complexity index is 347. The highest BCUT2D eigenvalue weighted by Crippen LogP contribution is 2.38. The van der Waals surface area contributed by atoms with Crippen LogP contribution in [0.25, 0.3) is 0 Å². The lowest BCUT2D eigenvalue weighted by atomic mass is 9.88. The van der Waals surface area contributed by atoms with E-state index in [2.05, 4.69) is 24.1 Å². The van der Waals surface area contributed by atoms with E-state index in [0.29, 0.717) is 6.54 Å². The molecule has 2 heterocycles. The van der Waals surface area contributed by atoms with Crippen molar-refractivity contribution < 1.29 is 9.53 Å². The fourth-order valence-electron chi connectivity index (χ4n) is 3.49. The van der Waals surface area contributed by atoms with E-state index in [9.17, 15) is 4.79 Å². The molecule has 1 N–H and O–H groups in total. The molecule has 0 bridgehead atoms. The highest BCUT2D eigenvalue weighted by Gasteiger charge is 2.42. The van der Waals surface area contributed by atoms with Gasteiger partial charge >= 0.3 is 0 Å². The lowest BCUT2D eigenvalue weighted by molar-refractivity contribution is -0.125. The van der Waals surface area contributed by atoms with Gasteiger partial charge in [-0.25, -0.2) is 0 Å². The normalized spacial score (nSPS) is 25.9. The van der Waals surface area contributed by atoms with E-state index in [1.54, 1.807) is 0 Å². The standard InChI is InChI=1S/C17H32N2O2/c1-13(2)12-19-9-7-17(8-10-19)6-5-15(21-17)11-18-16(20)14(3)4/h13-15H,5-12H2,1-4H3,(H,18,20). The monoisotopic (exact) mass is 296 g/mol. The molecule has 1 spiro atoms. The van der Waals surface area contributed by atoms with Gasteiger partial charge in [-0.2, -0.15) is 0 Å². The average molecular weight is 296 g/mol. The fraction of sp³-hybridized carbons (Fsp3) is 0.941. The van der Waals surface area contributed by atoms with Gasteiger partial charge in [0.25, 0.3) is 0 Å². The quantitative estimate of drug-likeness (QED) is 0.847. The Morgan fingerprint density at radius 3 is 2.48 bits per heavy atom. The molecule has 0 aliphatic carbocycles. The minimum atomic E-state index is 0.0552. The predicted molar refractivity (Wildman–Crippen MR) is 85.2 cm³/mol. The van der Waals surface area contributed by atoms with Gasteiger partial charge in [-0.05, 0) is 31.6 Å². The number of carbonyl (C=O) groups excluding carboxylic acids is 1. The Kier molecular flexibility index (Phi) is 5.67. The Hall–Kier alpha value is -0.610. The molecule has 2 saturated heterocycles. The van der Waals surface area contributed by atoms with E-state index >= 15 is 0 Å². The molecule has 1 unspecified atom stereocenters. The third kappa shape index (κ3) is 4.68. The molecule has 2 fully saturated rings. The first kappa shape index (κ1) is 16.8. The molecule has 0 aromatic rings. The zero-order valence-corrected chi connectivity index (χ0v) is 14.2. The van der Waals surface area contributed by atoms with Gasteiger partial charge in [-0.15, -0.1) is 0 Å². The van der Waals surface area contributed by atoms with Gasteiger partial charge in [0.05, 0.1) is 11.7 Å². The summed E-state index contributed by atoms with van der Waals surface area (Å²) in [5.41, 5.74) is 0.0979. The van der Waals surface area contributed by atoms with Crippen LogP contribution in [0.5, 0.6) is 0 Å². The molecular formula is C17H32N2O2. The molecule has 4 heteroatoms.